The second-order valence-corrected chi connectivity index (χ2v) is 4.61. The van der Waals surface area contributed by atoms with Crippen LogP contribution in [-0.2, 0) is 4.74 Å². The van der Waals surface area contributed by atoms with Crippen molar-refractivity contribution in [3.05, 3.63) is 48.0 Å². The summed E-state index contributed by atoms with van der Waals surface area (Å²) in [5.74, 6) is -0.229. The highest BCUT2D eigenvalue weighted by Crippen LogP contribution is 2.03. The number of esters is 1. The molecule has 0 saturated heterocycles. The maximum atomic E-state index is 11.6. The quantitative estimate of drug-likeness (QED) is 0.363. The van der Waals surface area contributed by atoms with E-state index in [1.165, 1.54) is 19.3 Å². The highest BCUT2D eigenvalue weighted by molar-refractivity contribution is 5.89. The Kier molecular flexibility index (Phi) is 8.45. The predicted octanol–water partition coefficient (Wildman–Crippen LogP) is 4.76. The number of allylic oxidation sites excluding steroid dienone is 2. The van der Waals surface area contributed by atoms with E-state index in [1.807, 2.05) is 18.2 Å². The second-order valence-electron chi connectivity index (χ2n) is 4.61. The summed E-state index contributed by atoms with van der Waals surface area (Å²) in [6, 6.07) is 9.12. The molecule has 2 nitrogen and oxygen atoms in total. The molecule has 0 N–H and O–H groups in total. The Morgan fingerprint density at radius 3 is 2.42 bits per heavy atom. The van der Waals surface area contributed by atoms with Crippen LogP contribution in [0, 0.1) is 0 Å². The van der Waals surface area contributed by atoms with Gasteiger partial charge in [-0.1, -0.05) is 50.1 Å². The van der Waals surface area contributed by atoms with Crippen LogP contribution in [0.3, 0.4) is 0 Å². The Hall–Kier alpha value is -1.57. The van der Waals surface area contributed by atoms with Gasteiger partial charge >= 0.3 is 5.97 Å². The number of rotatable bonds is 9. The van der Waals surface area contributed by atoms with E-state index in [4.69, 9.17) is 4.74 Å². The van der Waals surface area contributed by atoms with Crippen molar-refractivity contribution in [2.24, 2.45) is 0 Å². The summed E-state index contributed by atoms with van der Waals surface area (Å²) in [5.41, 5.74) is 0.623. The van der Waals surface area contributed by atoms with Gasteiger partial charge in [0, 0.05) is 0 Å². The van der Waals surface area contributed by atoms with Crippen LogP contribution in [-0.4, -0.2) is 12.6 Å². The van der Waals surface area contributed by atoms with Crippen molar-refractivity contribution in [2.45, 2.75) is 45.4 Å². The lowest BCUT2D eigenvalue weighted by Crippen LogP contribution is -2.05. The Labute approximate surface area is 116 Å². The second kappa shape index (κ2) is 10.4. The first-order valence-corrected chi connectivity index (χ1v) is 7.21. The highest BCUT2D eigenvalue weighted by atomic mass is 16.5. The van der Waals surface area contributed by atoms with Crippen LogP contribution in [0.25, 0.3) is 0 Å². The van der Waals surface area contributed by atoms with Crippen molar-refractivity contribution < 1.29 is 9.53 Å². The molecule has 0 aliphatic heterocycles. The minimum Gasteiger partial charge on any atom is -0.462 e. The zero-order valence-electron chi connectivity index (χ0n) is 11.8. The molecule has 0 radical (unpaired) electrons. The van der Waals surface area contributed by atoms with E-state index in [0.29, 0.717) is 12.2 Å². The zero-order valence-corrected chi connectivity index (χ0v) is 11.8. The summed E-state index contributed by atoms with van der Waals surface area (Å²) < 4.78 is 5.20. The average molecular weight is 260 g/mol. The first kappa shape index (κ1) is 15.5. The maximum absolute atomic E-state index is 11.6. The molecule has 104 valence electrons. The number of carbonyl (C=O) groups excluding carboxylic acids is 1. The van der Waals surface area contributed by atoms with Crippen LogP contribution in [0.1, 0.15) is 55.8 Å². The van der Waals surface area contributed by atoms with E-state index < -0.39 is 0 Å². The molecule has 0 unspecified atom stereocenters. The summed E-state index contributed by atoms with van der Waals surface area (Å²) in [7, 11) is 0. The molecule has 0 bridgehead atoms. The van der Waals surface area contributed by atoms with E-state index in [9.17, 15) is 4.79 Å². The van der Waals surface area contributed by atoms with Gasteiger partial charge in [-0.3, -0.25) is 0 Å². The van der Waals surface area contributed by atoms with Gasteiger partial charge in [0.15, 0.2) is 0 Å². The SMILES string of the molecule is CCCCC/C=C\CCCOC(=O)c1ccccc1. The molecule has 0 aromatic heterocycles. The average Bonchev–Trinajstić information content (AvgIpc) is 2.46. The summed E-state index contributed by atoms with van der Waals surface area (Å²) in [4.78, 5) is 11.6. The van der Waals surface area contributed by atoms with Crippen molar-refractivity contribution in [3.8, 4) is 0 Å². The van der Waals surface area contributed by atoms with Crippen molar-refractivity contribution in [2.75, 3.05) is 6.61 Å². The molecule has 0 atom stereocenters. The molecule has 0 spiro atoms. The Morgan fingerprint density at radius 1 is 1.05 bits per heavy atom. The molecular formula is C17H24O2. The summed E-state index contributed by atoms with van der Waals surface area (Å²) in [6.45, 7) is 2.71. The normalized spacial score (nSPS) is 10.8. The van der Waals surface area contributed by atoms with Crippen LogP contribution in [0.5, 0.6) is 0 Å². The first-order valence-electron chi connectivity index (χ1n) is 7.21. The Balaban J connectivity index is 2.03. The molecule has 0 aliphatic rings. The van der Waals surface area contributed by atoms with Gasteiger partial charge < -0.3 is 4.74 Å². The minimum absolute atomic E-state index is 0.229. The van der Waals surface area contributed by atoms with E-state index in [1.54, 1.807) is 12.1 Å². The van der Waals surface area contributed by atoms with Crippen LogP contribution < -0.4 is 0 Å². The first-order chi connectivity index (χ1) is 9.34. The third-order valence-corrected chi connectivity index (χ3v) is 2.90. The van der Waals surface area contributed by atoms with Crippen molar-refractivity contribution in [3.63, 3.8) is 0 Å². The molecule has 2 heteroatoms. The van der Waals surface area contributed by atoms with Crippen molar-refractivity contribution in [1.29, 1.82) is 0 Å². The van der Waals surface area contributed by atoms with Gasteiger partial charge in [0.05, 0.1) is 12.2 Å². The topological polar surface area (TPSA) is 26.3 Å². The number of ether oxygens (including phenoxy) is 1. The third-order valence-electron chi connectivity index (χ3n) is 2.90. The van der Waals surface area contributed by atoms with E-state index >= 15 is 0 Å². The number of carbonyl (C=O) groups is 1. The lowest BCUT2D eigenvalue weighted by molar-refractivity contribution is 0.0501. The van der Waals surface area contributed by atoms with Gasteiger partial charge in [0.2, 0.25) is 0 Å². The molecule has 19 heavy (non-hydrogen) atoms. The fraction of sp³-hybridized carbons (Fsp3) is 0.471. The smallest absolute Gasteiger partial charge is 0.338 e. The fourth-order valence-corrected chi connectivity index (χ4v) is 1.77. The molecule has 0 aliphatic carbocycles. The molecule has 0 fully saturated rings. The summed E-state index contributed by atoms with van der Waals surface area (Å²) in [6.07, 6.45) is 11.3. The predicted molar refractivity (Wildman–Crippen MR) is 79.2 cm³/mol. The number of hydrogen-bond donors (Lipinski definition) is 0. The molecule has 0 heterocycles. The lowest BCUT2D eigenvalue weighted by Gasteiger charge is -2.03. The maximum Gasteiger partial charge on any atom is 0.338 e. The molecular weight excluding hydrogens is 236 g/mol. The van der Waals surface area contributed by atoms with Crippen LogP contribution in [0.2, 0.25) is 0 Å². The van der Waals surface area contributed by atoms with E-state index in [0.717, 1.165) is 19.3 Å². The summed E-state index contributed by atoms with van der Waals surface area (Å²) >= 11 is 0. The zero-order chi connectivity index (χ0) is 13.8. The number of unbranched alkanes of at least 4 members (excludes halogenated alkanes) is 4. The largest absolute Gasteiger partial charge is 0.462 e. The molecule has 1 aromatic carbocycles. The molecule has 1 rings (SSSR count). The molecule has 1 aromatic rings. The van der Waals surface area contributed by atoms with Gasteiger partial charge in [-0.05, 0) is 37.8 Å². The Morgan fingerprint density at radius 2 is 1.74 bits per heavy atom. The lowest BCUT2D eigenvalue weighted by atomic mass is 10.2. The van der Waals surface area contributed by atoms with Gasteiger partial charge in [-0.2, -0.15) is 0 Å². The Bertz CT molecular complexity index is 368. The monoisotopic (exact) mass is 260 g/mol. The van der Waals surface area contributed by atoms with Gasteiger partial charge in [0.1, 0.15) is 0 Å². The van der Waals surface area contributed by atoms with Crippen molar-refractivity contribution in [1.82, 2.24) is 0 Å². The summed E-state index contributed by atoms with van der Waals surface area (Å²) in [5, 5.41) is 0. The van der Waals surface area contributed by atoms with E-state index in [-0.39, 0.29) is 5.97 Å². The molecule has 0 saturated carbocycles. The van der Waals surface area contributed by atoms with Crippen LogP contribution in [0.15, 0.2) is 42.5 Å². The van der Waals surface area contributed by atoms with E-state index in [2.05, 4.69) is 19.1 Å². The standard InChI is InChI=1S/C17H24O2/c1-2-3-4-5-6-7-8-12-15-19-17(18)16-13-10-9-11-14-16/h6-7,9-11,13-14H,2-5,8,12,15H2,1H3/b7-6-. The minimum atomic E-state index is -0.229. The third kappa shape index (κ3) is 7.45. The van der Waals surface area contributed by atoms with Gasteiger partial charge in [0.25, 0.3) is 0 Å². The fourth-order valence-electron chi connectivity index (χ4n) is 1.77. The number of hydrogen-bond acceptors (Lipinski definition) is 2. The van der Waals surface area contributed by atoms with Crippen molar-refractivity contribution >= 4 is 5.97 Å². The van der Waals surface area contributed by atoms with Crippen LogP contribution in [0.4, 0.5) is 0 Å². The van der Waals surface area contributed by atoms with Crippen LogP contribution >= 0.6 is 0 Å². The highest BCUT2D eigenvalue weighted by Gasteiger charge is 2.04. The van der Waals surface area contributed by atoms with Gasteiger partial charge in [-0.15, -0.1) is 0 Å². The van der Waals surface area contributed by atoms with Gasteiger partial charge in [-0.25, -0.2) is 4.79 Å². The molecule has 0 amide bonds. The number of benzene rings is 1.